The number of rotatable bonds is 3. The maximum absolute atomic E-state index is 6.73. The van der Waals surface area contributed by atoms with E-state index in [2.05, 4.69) is 12.7 Å². The lowest BCUT2D eigenvalue weighted by Gasteiger charge is -2.45. The smallest absolute Gasteiger partial charge is 0.0393 e. The fourth-order valence-corrected chi connectivity index (χ4v) is 3.87. The summed E-state index contributed by atoms with van der Waals surface area (Å²) in [6.07, 6.45) is 15.8. The van der Waals surface area contributed by atoms with Gasteiger partial charge in [0.15, 0.2) is 0 Å². The highest BCUT2D eigenvalue weighted by atomic mass is 14.8. The van der Waals surface area contributed by atoms with Gasteiger partial charge in [-0.25, -0.2) is 0 Å². The summed E-state index contributed by atoms with van der Waals surface area (Å²) < 4.78 is 0. The third-order valence-corrected chi connectivity index (χ3v) is 4.98. The molecule has 1 nitrogen and oxygen atoms in total. The van der Waals surface area contributed by atoms with Crippen molar-refractivity contribution in [2.45, 2.75) is 69.7 Å². The molecule has 0 aromatic heterocycles. The van der Waals surface area contributed by atoms with Crippen LogP contribution in [0.25, 0.3) is 0 Å². The molecule has 2 rings (SSSR count). The first-order valence-electron chi connectivity index (χ1n) is 7.20. The Hall–Kier alpha value is -0.300. The molecule has 92 valence electrons. The van der Waals surface area contributed by atoms with Gasteiger partial charge >= 0.3 is 0 Å². The zero-order valence-corrected chi connectivity index (χ0v) is 10.6. The van der Waals surface area contributed by atoms with Crippen LogP contribution in [-0.4, -0.2) is 5.54 Å². The molecule has 0 unspecified atom stereocenters. The van der Waals surface area contributed by atoms with Crippen molar-refractivity contribution < 1.29 is 0 Å². The van der Waals surface area contributed by atoms with Crippen molar-refractivity contribution in [3.8, 4) is 0 Å². The van der Waals surface area contributed by atoms with Crippen LogP contribution in [0, 0.1) is 11.8 Å². The first-order valence-corrected chi connectivity index (χ1v) is 7.20. The molecular weight excluding hydrogens is 194 g/mol. The molecule has 0 heterocycles. The topological polar surface area (TPSA) is 26.0 Å². The van der Waals surface area contributed by atoms with Crippen molar-refractivity contribution in [2.24, 2.45) is 17.6 Å². The van der Waals surface area contributed by atoms with Gasteiger partial charge in [-0.15, -0.1) is 6.58 Å². The van der Waals surface area contributed by atoms with Gasteiger partial charge in [0.05, 0.1) is 0 Å². The molecule has 0 amide bonds. The molecule has 1 heteroatoms. The standard InChI is InChI=1S/C15H27N/c1-2-15(16,13-9-5-3-6-10-13)14-11-7-4-8-12-14/h2,13-14H,1,3-12,16H2. The molecule has 2 saturated carbocycles. The summed E-state index contributed by atoms with van der Waals surface area (Å²) in [6, 6.07) is 0. The number of hydrogen-bond acceptors (Lipinski definition) is 1. The molecule has 2 N–H and O–H groups in total. The van der Waals surface area contributed by atoms with E-state index >= 15 is 0 Å². The molecule has 0 aliphatic heterocycles. The molecule has 0 aromatic rings. The van der Waals surface area contributed by atoms with Gasteiger partial charge in [-0.1, -0.05) is 44.6 Å². The Morgan fingerprint density at radius 1 is 0.812 bits per heavy atom. The van der Waals surface area contributed by atoms with Gasteiger partial charge in [0, 0.05) is 5.54 Å². The van der Waals surface area contributed by atoms with Crippen molar-refractivity contribution in [1.82, 2.24) is 0 Å². The number of nitrogens with two attached hydrogens (primary N) is 1. The van der Waals surface area contributed by atoms with Gasteiger partial charge in [-0.3, -0.25) is 0 Å². The van der Waals surface area contributed by atoms with E-state index in [1.54, 1.807) is 0 Å². The zero-order chi connectivity index (χ0) is 11.4. The third kappa shape index (κ3) is 2.34. The predicted octanol–water partition coefficient (Wildman–Crippen LogP) is 4.03. The lowest BCUT2D eigenvalue weighted by molar-refractivity contribution is 0.146. The summed E-state index contributed by atoms with van der Waals surface area (Å²) in [4.78, 5) is 0. The van der Waals surface area contributed by atoms with Crippen LogP contribution in [0.1, 0.15) is 64.2 Å². The van der Waals surface area contributed by atoms with Gasteiger partial charge in [-0.05, 0) is 37.5 Å². The van der Waals surface area contributed by atoms with Crippen LogP contribution in [0.3, 0.4) is 0 Å². The molecule has 16 heavy (non-hydrogen) atoms. The minimum atomic E-state index is -0.0547. The van der Waals surface area contributed by atoms with Gasteiger partial charge in [0.2, 0.25) is 0 Å². The Morgan fingerprint density at radius 3 is 1.50 bits per heavy atom. The van der Waals surface area contributed by atoms with Crippen LogP contribution in [-0.2, 0) is 0 Å². The minimum Gasteiger partial charge on any atom is -0.321 e. The average molecular weight is 221 g/mol. The van der Waals surface area contributed by atoms with Crippen molar-refractivity contribution in [2.75, 3.05) is 0 Å². The summed E-state index contributed by atoms with van der Waals surface area (Å²) in [5.74, 6) is 1.42. The molecule has 0 aromatic carbocycles. The highest BCUT2D eigenvalue weighted by Crippen LogP contribution is 2.41. The summed E-state index contributed by atoms with van der Waals surface area (Å²) in [7, 11) is 0. The summed E-state index contributed by atoms with van der Waals surface area (Å²) in [5.41, 5.74) is 6.67. The van der Waals surface area contributed by atoms with E-state index in [9.17, 15) is 0 Å². The molecule has 2 aliphatic carbocycles. The van der Waals surface area contributed by atoms with Gasteiger partial charge < -0.3 is 5.73 Å². The van der Waals surface area contributed by atoms with Gasteiger partial charge in [0.25, 0.3) is 0 Å². The second kappa shape index (κ2) is 5.35. The molecule has 0 radical (unpaired) electrons. The third-order valence-electron chi connectivity index (χ3n) is 4.98. The molecule has 0 atom stereocenters. The van der Waals surface area contributed by atoms with Crippen molar-refractivity contribution >= 4 is 0 Å². The van der Waals surface area contributed by atoms with Crippen LogP contribution < -0.4 is 5.73 Å². The van der Waals surface area contributed by atoms with Crippen LogP contribution >= 0.6 is 0 Å². The van der Waals surface area contributed by atoms with Gasteiger partial charge in [-0.2, -0.15) is 0 Å². The van der Waals surface area contributed by atoms with Gasteiger partial charge in [0.1, 0.15) is 0 Å². The first-order chi connectivity index (χ1) is 7.77. The lowest BCUT2D eigenvalue weighted by atomic mass is 9.65. The average Bonchev–Trinajstić information content (AvgIpc) is 2.40. The predicted molar refractivity (Wildman–Crippen MR) is 70.3 cm³/mol. The summed E-state index contributed by atoms with van der Waals surface area (Å²) >= 11 is 0. The molecule has 0 spiro atoms. The molecule has 0 saturated heterocycles. The quantitative estimate of drug-likeness (QED) is 0.715. The normalized spacial score (nSPS) is 25.6. The van der Waals surface area contributed by atoms with Crippen molar-refractivity contribution in [3.63, 3.8) is 0 Å². The van der Waals surface area contributed by atoms with E-state index in [-0.39, 0.29) is 5.54 Å². The molecule has 0 bridgehead atoms. The fraction of sp³-hybridized carbons (Fsp3) is 0.867. The lowest BCUT2D eigenvalue weighted by Crippen LogP contribution is -2.52. The van der Waals surface area contributed by atoms with Crippen LogP contribution in [0.4, 0.5) is 0 Å². The Morgan fingerprint density at radius 2 is 1.19 bits per heavy atom. The number of hydrogen-bond donors (Lipinski definition) is 1. The highest BCUT2D eigenvalue weighted by molar-refractivity contribution is 5.09. The largest absolute Gasteiger partial charge is 0.321 e. The Bertz CT molecular complexity index is 204. The van der Waals surface area contributed by atoms with E-state index in [1.165, 1.54) is 64.2 Å². The maximum Gasteiger partial charge on any atom is 0.0393 e. The summed E-state index contributed by atoms with van der Waals surface area (Å²) in [6.45, 7) is 4.06. The SMILES string of the molecule is C=CC(N)(C1CCCCC1)C1CCCCC1. The van der Waals surface area contributed by atoms with E-state index in [0.717, 1.165) is 0 Å². The minimum absolute atomic E-state index is 0.0547. The Balaban J connectivity index is 2.06. The van der Waals surface area contributed by atoms with E-state index in [1.807, 2.05) is 0 Å². The summed E-state index contributed by atoms with van der Waals surface area (Å²) in [5, 5.41) is 0. The van der Waals surface area contributed by atoms with E-state index in [0.29, 0.717) is 11.8 Å². The Labute approximate surface area is 100 Å². The van der Waals surface area contributed by atoms with Crippen LogP contribution in [0.2, 0.25) is 0 Å². The fourth-order valence-electron chi connectivity index (χ4n) is 3.87. The first kappa shape index (κ1) is 12.2. The molecule has 2 fully saturated rings. The molecule has 2 aliphatic rings. The second-order valence-electron chi connectivity index (χ2n) is 5.87. The van der Waals surface area contributed by atoms with E-state index < -0.39 is 0 Å². The van der Waals surface area contributed by atoms with Crippen molar-refractivity contribution in [3.05, 3.63) is 12.7 Å². The highest BCUT2D eigenvalue weighted by Gasteiger charge is 2.39. The maximum atomic E-state index is 6.73. The second-order valence-corrected chi connectivity index (χ2v) is 5.87. The molecular formula is C15H27N. The zero-order valence-electron chi connectivity index (χ0n) is 10.6. The van der Waals surface area contributed by atoms with Crippen LogP contribution in [0.5, 0.6) is 0 Å². The van der Waals surface area contributed by atoms with Crippen molar-refractivity contribution in [1.29, 1.82) is 0 Å². The Kier molecular flexibility index (Phi) is 4.07. The van der Waals surface area contributed by atoms with Crippen LogP contribution in [0.15, 0.2) is 12.7 Å². The monoisotopic (exact) mass is 221 g/mol. The van der Waals surface area contributed by atoms with E-state index in [4.69, 9.17) is 5.73 Å².